The first-order chi connectivity index (χ1) is 17.1. The minimum Gasteiger partial charge on any atom is -0.506 e. The molecule has 2 bridgehead atoms. The lowest BCUT2D eigenvalue weighted by Crippen LogP contribution is -2.30. The summed E-state index contributed by atoms with van der Waals surface area (Å²) >= 11 is 0. The van der Waals surface area contributed by atoms with E-state index < -0.39 is 29.1 Å². The van der Waals surface area contributed by atoms with E-state index in [2.05, 4.69) is 6.92 Å². The van der Waals surface area contributed by atoms with E-state index in [4.69, 9.17) is 9.47 Å². The zero-order chi connectivity index (χ0) is 26.3. The van der Waals surface area contributed by atoms with Crippen LogP contribution < -0.4 is 0 Å². The topological polar surface area (TPSA) is 89.9 Å². The summed E-state index contributed by atoms with van der Waals surface area (Å²) in [7, 11) is 0. The van der Waals surface area contributed by atoms with E-state index >= 15 is 0 Å². The normalized spacial score (nSPS) is 19.6. The number of halogens is 3. The molecule has 6 nitrogen and oxygen atoms in total. The number of allylic oxidation sites excluding steroid dienone is 1. The van der Waals surface area contributed by atoms with Gasteiger partial charge < -0.3 is 14.6 Å². The monoisotopic (exact) mass is 510 g/mol. The second-order valence-corrected chi connectivity index (χ2v) is 9.47. The number of hydrogen-bond acceptors (Lipinski definition) is 6. The van der Waals surface area contributed by atoms with Crippen LogP contribution in [0.5, 0.6) is 0 Å². The fourth-order valence-corrected chi connectivity index (χ4v) is 4.82. The predicted molar refractivity (Wildman–Crippen MR) is 126 cm³/mol. The van der Waals surface area contributed by atoms with Gasteiger partial charge in [-0.25, -0.2) is 0 Å². The van der Waals surface area contributed by atoms with Gasteiger partial charge in [-0.1, -0.05) is 38.7 Å². The van der Waals surface area contributed by atoms with Gasteiger partial charge in [0.2, 0.25) is 0 Å². The van der Waals surface area contributed by atoms with Crippen molar-refractivity contribution >= 4 is 23.3 Å². The SMILES string of the molecule is CCCCCCCC(=O)OCCOCc1cc(C(F)(F)F)ccc1C(O)=C1C(=O)C2CCC(C2)C1=O. The molecule has 2 aliphatic carbocycles. The summed E-state index contributed by atoms with van der Waals surface area (Å²) in [6, 6.07) is 2.69. The van der Waals surface area contributed by atoms with Crippen LogP contribution in [-0.2, 0) is 36.6 Å². The van der Waals surface area contributed by atoms with Gasteiger partial charge >= 0.3 is 12.1 Å². The van der Waals surface area contributed by atoms with Gasteiger partial charge in [-0.3, -0.25) is 14.4 Å². The summed E-state index contributed by atoms with van der Waals surface area (Å²) in [5, 5.41) is 10.9. The van der Waals surface area contributed by atoms with Crippen LogP contribution in [0.1, 0.15) is 81.4 Å². The number of ether oxygens (including phenoxy) is 2. The first-order valence-corrected chi connectivity index (χ1v) is 12.6. The number of fused-ring (bicyclic) bond motifs is 2. The Morgan fingerprint density at radius 3 is 2.33 bits per heavy atom. The van der Waals surface area contributed by atoms with E-state index in [1.54, 1.807) is 0 Å². The van der Waals surface area contributed by atoms with Crippen LogP contribution in [-0.4, -0.2) is 35.9 Å². The fraction of sp³-hybridized carbons (Fsp3) is 0.593. The van der Waals surface area contributed by atoms with Crippen molar-refractivity contribution in [3.63, 3.8) is 0 Å². The van der Waals surface area contributed by atoms with Crippen molar-refractivity contribution in [1.82, 2.24) is 0 Å². The van der Waals surface area contributed by atoms with E-state index in [0.29, 0.717) is 25.7 Å². The molecule has 0 spiro atoms. The van der Waals surface area contributed by atoms with Crippen molar-refractivity contribution in [2.75, 3.05) is 13.2 Å². The van der Waals surface area contributed by atoms with Crippen LogP contribution in [0.25, 0.3) is 5.76 Å². The Kier molecular flexibility index (Phi) is 9.70. The van der Waals surface area contributed by atoms with Crippen molar-refractivity contribution in [2.45, 2.75) is 77.5 Å². The maximum Gasteiger partial charge on any atom is 0.416 e. The largest absolute Gasteiger partial charge is 0.506 e. The smallest absolute Gasteiger partial charge is 0.416 e. The van der Waals surface area contributed by atoms with Gasteiger partial charge in [-0.05, 0) is 43.4 Å². The molecule has 0 amide bonds. The van der Waals surface area contributed by atoms with Gasteiger partial charge in [-0.15, -0.1) is 0 Å². The molecule has 1 aromatic rings. The number of unbranched alkanes of at least 4 members (excludes halogenated alkanes) is 4. The molecule has 198 valence electrons. The number of alkyl halides is 3. The molecule has 9 heteroatoms. The van der Waals surface area contributed by atoms with Crippen LogP contribution in [0.2, 0.25) is 0 Å². The number of Topliss-reactive ketones (excluding diaryl/α,β-unsaturated/α-hetero) is 2. The van der Waals surface area contributed by atoms with Gasteiger partial charge in [0.05, 0.1) is 18.8 Å². The molecule has 0 saturated heterocycles. The molecule has 0 aliphatic heterocycles. The van der Waals surface area contributed by atoms with Crippen molar-refractivity contribution in [2.24, 2.45) is 11.8 Å². The Morgan fingerprint density at radius 1 is 1.03 bits per heavy atom. The number of carbonyl (C=O) groups is 3. The Bertz CT molecular complexity index is 974. The van der Waals surface area contributed by atoms with Gasteiger partial charge in [0.25, 0.3) is 0 Å². The van der Waals surface area contributed by atoms with Crippen LogP contribution >= 0.6 is 0 Å². The maximum atomic E-state index is 13.3. The Balaban J connectivity index is 1.66. The van der Waals surface area contributed by atoms with Crippen molar-refractivity contribution in [3.8, 4) is 0 Å². The molecule has 2 unspecified atom stereocenters. The van der Waals surface area contributed by atoms with Gasteiger partial charge in [-0.2, -0.15) is 13.2 Å². The lowest BCUT2D eigenvalue weighted by atomic mass is 9.81. The van der Waals surface area contributed by atoms with Gasteiger partial charge in [0.15, 0.2) is 11.6 Å². The summed E-state index contributed by atoms with van der Waals surface area (Å²) in [5.41, 5.74) is -1.35. The van der Waals surface area contributed by atoms with Crippen molar-refractivity contribution < 1.29 is 42.1 Å². The second-order valence-electron chi connectivity index (χ2n) is 9.47. The van der Waals surface area contributed by atoms with E-state index in [1.807, 2.05) is 0 Å². The van der Waals surface area contributed by atoms with Crippen LogP contribution in [0.4, 0.5) is 13.2 Å². The third kappa shape index (κ3) is 6.96. The molecule has 2 aliphatic rings. The predicted octanol–water partition coefficient (Wildman–Crippen LogP) is 5.96. The molecule has 2 saturated carbocycles. The number of benzene rings is 1. The molecule has 0 radical (unpaired) electrons. The first kappa shape index (κ1) is 27.9. The molecule has 2 atom stereocenters. The molecule has 2 fully saturated rings. The Labute approximate surface area is 208 Å². The van der Waals surface area contributed by atoms with E-state index in [0.717, 1.165) is 50.3 Å². The third-order valence-corrected chi connectivity index (χ3v) is 6.82. The summed E-state index contributed by atoms with van der Waals surface area (Å²) < 4.78 is 50.5. The van der Waals surface area contributed by atoms with Crippen LogP contribution in [0, 0.1) is 11.8 Å². The minimum absolute atomic E-state index is 0.0180. The fourth-order valence-electron chi connectivity index (χ4n) is 4.82. The molecular weight excluding hydrogens is 477 g/mol. The van der Waals surface area contributed by atoms with Gasteiger partial charge in [0.1, 0.15) is 17.9 Å². The quantitative estimate of drug-likeness (QED) is 0.123. The van der Waals surface area contributed by atoms with E-state index in [9.17, 15) is 32.7 Å². The standard InChI is InChI=1S/C27H33F3O6/c1-2-3-4-5-6-7-22(31)36-13-12-35-16-19-15-20(27(28,29)30)10-11-21(19)26(34)23-24(32)17-8-9-18(14-17)25(23)33/h10-11,15,17-18,34H,2-9,12-14,16H2,1H3. The molecule has 36 heavy (non-hydrogen) atoms. The highest BCUT2D eigenvalue weighted by atomic mass is 19.4. The number of aliphatic hydroxyl groups is 1. The van der Waals surface area contributed by atoms with Gasteiger partial charge in [0, 0.05) is 23.8 Å². The molecule has 0 aromatic heterocycles. The summed E-state index contributed by atoms with van der Waals surface area (Å²) in [6.45, 7) is 1.65. The summed E-state index contributed by atoms with van der Waals surface area (Å²) in [4.78, 5) is 37.3. The van der Waals surface area contributed by atoms with Crippen LogP contribution in [0.3, 0.4) is 0 Å². The van der Waals surface area contributed by atoms with Crippen molar-refractivity contribution in [3.05, 3.63) is 40.5 Å². The highest BCUT2D eigenvalue weighted by Crippen LogP contribution is 2.42. The minimum atomic E-state index is -4.63. The highest BCUT2D eigenvalue weighted by molar-refractivity contribution is 6.27. The Hall–Kier alpha value is -2.68. The first-order valence-electron chi connectivity index (χ1n) is 12.6. The maximum absolute atomic E-state index is 13.3. The number of aliphatic hydroxyl groups excluding tert-OH is 1. The summed E-state index contributed by atoms with van der Waals surface area (Å²) in [5.74, 6) is -2.58. The molecule has 1 aromatic carbocycles. The van der Waals surface area contributed by atoms with E-state index in [-0.39, 0.29) is 54.3 Å². The average Bonchev–Trinajstić information content (AvgIpc) is 3.29. The second kappa shape index (κ2) is 12.5. The number of hydrogen-bond donors (Lipinski definition) is 1. The highest BCUT2D eigenvalue weighted by Gasteiger charge is 2.45. The molecule has 1 N–H and O–H groups in total. The van der Waals surface area contributed by atoms with Crippen molar-refractivity contribution in [1.29, 1.82) is 0 Å². The number of rotatable bonds is 12. The zero-order valence-electron chi connectivity index (χ0n) is 20.5. The summed E-state index contributed by atoms with van der Waals surface area (Å²) in [6.07, 6.45) is 2.23. The Morgan fingerprint density at radius 2 is 1.69 bits per heavy atom. The number of ketones is 2. The number of carbonyl (C=O) groups excluding carboxylic acids is 3. The lowest BCUT2D eigenvalue weighted by Gasteiger charge is -2.21. The van der Waals surface area contributed by atoms with E-state index in [1.165, 1.54) is 0 Å². The lowest BCUT2D eigenvalue weighted by molar-refractivity contribution is -0.145. The molecular formula is C27H33F3O6. The molecule has 3 rings (SSSR count). The number of esters is 1. The average molecular weight is 511 g/mol. The van der Waals surface area contributed by atoms with Crippen LogP contribution in [0.15, 0.2) is 23.8 Å². The molecule has 0 heterocycles. The zero-order valence-corrected chi connectivity index (χ0v) is 20.5. The third-order valence-electron chi connectivity index (χ3n) is 6.82.